The Kier molecular flexibility index (Phi) is 3.48. The number of aryl methyl sites for hydroxylation is 5. The smallest absolute Gasteiger partial charge is 0.328 e. The summed E-state index contributed by atoms with van der Waals surface area (Å²) in [5.41, 5.74) is 1.19. The Morgan fingerprint density at radius 3 is 2.59 bits per heavy atom. The summed E-state index contributed by atoms with van der Waals surface area (Å²) in [6.07, 6.45) is 2.17. The van der Waals surface area contributed by atoms with Crippen molar-refractivity contribution in [1.29, 1.82) is 0 Å². The second kappa shape index (κ2) is 5.20. The van der Waals surface area contributed by atoms with Crippen LogP contribution in [0.3, 0.4) is 0 Å². The van der Waals surface area contributed by atoms with Crippen molar-refractivity contribution in [2.24, 2.45) is 14.1 Å². The van der Waals surface area contributed by atoms with Crippen molar-refractivity contribution in [3.63, 3.8) is 0 Å². The summed E-state index contributed by atoms with van der Waals surface area (Å²) >= 11 is 1.61. The summed E-state index contributed by atoms with van der Waals surface area (Å²) in [6, 6.07) is 0. The second-order valence-corrected chi connectivity index (χ2v) is 6.61. The number of hydrogen-bond acceptors (Lipinski definition) is 5. The van der Waals surface area contributed by atoms with E-state index in [1.165, 1.54) is 9.13 Å². The average molecular weight is 319 g/mol. The molecule has 0 saturated heterocycles. The van der Waals surface area contributed by atoms with Gasteiger partial charge in [-0.25, -0.2) is 14.8 Å². The van der Waals surface area contributed by atoms with Gasteiger partial charge in [-0.15, -0.1) is 11.3 Å². The third kappa shape index (κ3) is 2.19. The topological polar surface area (TPSA) is 74.7 Å². The standard InChI is InChI=1S/C14H17N5O2S/c1-8-10(22-9(2)16-8)5-6-19-13(20)11-12(15-7-17(11)3)18(4)14(19)21/h7H,5-6H2,1-4H3. The first-order valence-corrected chi connectivity index (χ1v) is 7.75. The summed E-state index contributed by atoms with van der Waals surface area (Å²) in [6.45, 7) is 4.24. The zero-order chi connectivity index (χ0) is 16.0. The van der Waals surface area contributed by atoms with Gasteiger partial charge in [0, 0.05) is 31.9 Å². The van der Waals surface area contributed by atoms with Crippen molar-refractivity contribution in [1.82, 2.24) is 23.7 Å². The van der Waals surface area contributed by atoms with E-state index in [0.717, 1.165) is 15.6 Å². The molecule has 8 heteroatoms. The number of hydrogen-bond donors (Lipinski definition) is 0. The molecule has 0 aliphatic rings. The van der Waals surface area contributed by atoms with Gasteiger partial charge in [-0.05, 0) is 13.8 Å². The molecule has 0 aliphatic heterocycles. The van der Waals surface area contributed by atoms with Crippen LogP contribution < -0.4 is 11.2 Å². The van der Waals surface area contributed by atoms with Crippen molar-refractivity contribution in [3.8, 4) is 0 Å². The molecule has 0 fully saturated rings. The van der Waals surface area contributed by atoms with Gasteiger partial charge in [0.1, 0.15) is 0 Å². The maximum absolute atomic E-state index is 12.6. The van der Waals surface area contributed by atoms with Crippen molar-refractivity contribution in [2.75, 3.05) is 0 Å². The van der Waals surface area contributed by atoms with Crippen LogP contribution in [-0.2, 0) is 27.1 Å². The van der Waals surface area contributed by atoms with Crippen molar-refractivity contribution >= 4 is 22.5 Å². The Morgan fingerprint density at radius 2 is 1.95 bits per heavy atom. The van der Waals surface area contributed by atoms with E-state index in [9.17, 15) is 9.59 Å². The van der Waals surface area contributed by atoms with E-state index in [1.807, 2.05) is 13.8 Å². The molecule has 7 nitrogen and oxygen atoms in total. The largest absolute Gasteiger partial charge is 0.332 e. The highest BCUT2D eigenvalue weighted by Gasteiger charge is 2.15. The lowest BCUT2D eigenvalue weighted by atomic mass is 10.3. The molecule has 0 amide bonds. The molecule has 0 radical (unpaired) electrons. The minimum Gasteiger partial charge on any atom is -0.328 e. The zero-order valence-electron chi connectivity index (χ0n) is 13.0. The zero-order valence-corrected chi connectivity index (χ0v) is 13.8. The van der Waals surface area contributed by atoms with Gasteiger partial charge >= 0.3 is 5.69 Å². The molecule has 0 aromatic carbocycles. The van der Waals surface area contributed by atoms with Gasteiger partial charge in [-0.3, -0.25) is 13.9 Å². The molecule has 3 rings (SSSR count). The summed E-state index contributed by atoms with van der Waals surface area (Å²) in [7, 11) is 3.39. The van der Waals surface area contributed by atoms with Crippen LogP contribution >= 0.6 is 11.3 Å². The lowest BCUT2D eigenvalue weighted by molar-refractivity contribution is 0.603. The Labute approximate surface area is 130 Å². The quantitative estimate of drug-likeness (QED) is 0.714. The van der Waals surface area contributed by atoms with Crippen LogP contribution in [0.4, 0.5) is 0 Å². The number of imidazole rings is 1. The van der Waals surface area contributed by atoms with E-state index in [-0.39, 0.29) is 11.2 Å². The van der Waals surface area contributed by atoms with Crippen LogP contribution in [0, 0.1) is 13.8 Å². The Hall–Kier alpha value is -2.22. The van der Waals surface area contributed by atoms with Gasteiger partial charge in [0.2, 0.25) is 0 Å². The third-order valence-electron chi connectivity index (χ3n) is 3.76. The first-order chi connectivity index (χ1) is 10.4. The number of thiazole rings is 1. The lowest BCUT2D eigenvalue weighted by Crippen LogP contribution is -2.40. The molecular formula is C14H17N5O2S. The molecule has 0 atom stereocenters. The Balaban J connectivity index is 2.07. The van der Waals surface area contributed by atoms with Crippen LogP contribution in [0.5, 0.6) is 0 Å². The summed E-state index contributed by atoms with van der Waals surface area (Å²) in [5, 5.41) is 0.995. The molecule has 22 heavy (non-hydrogen) atoms. The van der Waals surface area contributed by atoms with E-state index in [2.05, 4.69) is 9.97 Å². The molecule has 0 saturated carbocycles. The second-order valence-electron chi connectivity index (χ2n) is 5.32. The van der Waals surface area contributed by atoms with Crippen LogP contribution in [0.15, 0.2) is 15.9 Å². The van der Waals surface area contributed by atoms with Gasteiger partial charge in [0.05, 0.1) is 17.0 Å². The van der Waals surface area contributed by atoms with E-state index < -0.39 is 0 Å². The molecule has 3 heterocycles. The fourth-order valence-corrected chi connectivity index (χ4v) is 3.54. The molecule has 0 unspecified atom stereocenters. The van der Waals surface area contributed by atoms with Crippen LogP contribution in [0.1, 0.15) is 15.6 Å². The minimum absolute atomic E-state index is 0.294. The summed E-state index contributed by atoms with van der Waals surface area (Å²) in [4.78, 5) is 34.6. The van der Waals surface area contributed by atoms with Crippen LogP contribution in [-0.4, -0.2) is 23.7 Å². The van der Waals surface area contributed by atoms with E-state index in [0.29, 0.717) is 24.1 Å². The normalized spacial score (nSPS) is 11.5. The molecule has 0 spiro atoms. The molecule has 0 bridgehead atoms. The number of nitrogens with zero attached hydrogens (tertiary/aromatic N) is 5. The summed E-state index contributed by atoms with van der Waals surface area (Å²) in [5.74, 6) is 0. The van der Waals surface area contributed by atoms with E-state index >= 15 is 0 Å². The first kappa shape index (κ1) is 14.7. The third-order valence-corrected chi connectivity index (χ3v) is 4.90. The fraction of sp³-hybridized carbons (Fsp3) is 0.429. The monoisotopic (exact) mass is 319 g/mol. The highest BCUT2D eigenvalue weighted by molar-refractivity contribution is 7.11. The Bertz CT molecular complexity index is 976. The SMILES string of the molecule is Cc1nc(C)c(CCn2c(=O)c3c(ncn3C)n(C)c2=O)s1. The minimum atomic E-state index is -0.338. The highest BCUT2D eigenvalue weighted by atomic mass is 32.1. The molecule has 0 N–H and O–H groups in total. The molecule has 3 aromatic rings. The highest BCUT2D eigenvalue weighted by Crippen LogP contribution is 2.17. The van der Waals surface area contributed by atoms with E-state index in [1.54, 1.807) is 36.3 Å². The van der Waals surface area contributed by atoms with Gasteiger partial charge < -0.3 is 4.57 Å². The molecule has 0 aliphatic carbocycles. The Morgan fingerprint density at radius 1 is 1.23 bits per heavy atom. The summed E-state index contributed by atoms with van der Waals surface area (Å²) < 4.78 is 4.34. The average Bonchev–Trinajstić information content (AvgIpc) is 2.99. The molecular weight excluding hydrogens is 302 g/mol. The predicted molar refractivity (Wildman–Crippen MR) is 85.5 cm³/mol. The molecule has 116 valence electrons. The van der Waals surface area contributed by atoms with Crippen molar-refractivity contribution in [2.45, 2.75) is 26.8 Å². The van der Waals surface area contributed by atoms with Crippen LogP contribution in [0.25, 0.3) is 11.2 Å². The lowest BCUT2D eigenvalue weighted by Gasteiger charge is -2.08. The van der Waals surface area contributed by atoms with Gasteiger partial charge in [-0.1, -0.05) is 0 Å². The van der Waals surface area contributed by atoms with Gasteiger partial charge in [0.25, 0.3) is 5.56 Å². The number of fused-ring (bicyclic) bond motifs is 1. The first-order valence-electron chi connectivity index (χ1n) is 6.94. The maximum Gasteiger partial charge on any atom is 0.332 e. The predicted octanol–water partition coefficient (Wildman–Crippen LogP) is 0.750. The molecule has 3 aromatic heterocycles. The number of aromatic nitrogens is 5. The van der Waals surface area contributed by atoms with Gasteiger partial charge in [0.15, 0.2) is 11.2 Å². The van der Waals surface area contributed by atoms with Crippen molar-refractivity contribution < 1.29 is 0 Å². The number of rotatable bonds is 3. The van der Waals surface area contributed by atoms with Crippen LogP contribution in [0.2, 0.25) is 0 Å². The fourth-order valence-electron chi connectivity index (χ4n) is 2.61. The van der Waals surface area contributed by atoms with E-state index in [4.69, 9.17) is 0 Å². The van der Waals surface area contributed by atoms with Crippen molar-refractivity contribution in [3.05, 3.63) is 42.7 Å². The van der Waals surface area contributed by atoms with Gasteiger partial charge in [-0.2, -0.15) is 0 Å². The maximum atomic E-state index is 12.6.